The van der Waals surface area contributed by atoms with Crippen molar-refractivity contribution < 1.29 is 19.1 Å². The fourth-order valence-corrected chi connectivity index (χ4v) is 2.24. The van der Waals surface area contributed by atoms with Crippen LogP contribution < -0.4 is 5.32 Å². The number of allylic oxidation sites excluding steroid dienone is 3. The molecule has 0 saturated heterocycles. The van der Waals surface area contributed by atoms with Gasteiger partial charge in [0.2, 0.25) is 0 Å². The van der Waals surface area contributed by atoms with Gasteiger partial charge in [0.25, 0.3) is 0 Å². The minimum absolute atomic E-state index is 0.275. The van der Waals surface area contributed by atoms with Crippen molar-refractivity contribution in [2.24, 2.45) is 5.92 Å². The Morgan fingerprint density at radius 1 is 1.10 bits per heavy atom. The maximum Gasteiger partial charge on any atom is 0.336 e. The van der Waals surface area contributed by atoms with Crippen LogP contribution in [-0.2, 0) is 19.1 Å². The minimum atomic E-state index is -0.519. The molecule has 110 valence electrons. The summed E-state index contributed by atoms with van der Waals surface area (Å²) >= 11 is 0. The van der Waals surface area contributed by atoms with E-state index in [9.17, 15) is 9.59 Å². The lowest BCUT2D eigenvalue weighted by Gasteiger charge is -2.28. The van der Waals surface area contributed by atoms with Gasteiger partial charge in [-0.2, -0.15) is 0 Å². The van der Waals surface area contributed by atoms with E-state index in [1.807, 2.05) is 0 Å². The van der Waals surface area contributed by atoms with Crippen molar-refractivity contribution >= 4 is 11.9 Å². The van der Waals surface area contributed by atoms with Crippen LogP contribution in [0.4, 0.5) is 0 Å². The number of hydrogen-bond acceptors (Lipinski definition) is 5. The van der Waals surface area contributed by atoms with Crippen molar-refractivity contribution in [3.8, 4) is 0 Å². The summed E-state index contributed by atoms with van der Waals surface area (Å²) < 4.78 is 10.1. The van der Waals surface area contributed by atoms with E-state index in [2.05, 4.69) is 11.9 Å². The molecular formula is C15H21NO4. The summed E-state index contributed by atoms with van der Waals surface area (Å²) in [4.78, 5) is 24.1. The van der Waals surface area contributed by atoms with Crippen LogP contribution in [0.3, 0.4) is 0 Å². The molecule has 0 radical (unpaired) electrons. The van der Waals surface area contributed by atoms with E-state index >= 15 is 0 Å². The van der Waals surface area contributed by atoms with Gasteiger partial charge in [0.05, 0.1) is 24.4 Å². The number of esters is 2. The number of carbonyl (C=O) groups is 2. The number of dihydropyridines is 1. The van der Waals surface area contributed by atoms with Gasteiger partial charge in [0, 0.05) is 17.3 Å². The molecule has 0 spiro atoms. The van der Waals surface area contributed by atoms with Crippen molar-refractivity contribution in [3.63, 3.8) is 0 Å². The third kappa shape index (κ3) is 3.10. The maximum atomic E-state index is 12.1. The topological polar surface area (TPSA) is 64.6 Å². The smallest absolute Gasteiger partial charge is 0.336 e. The Labute approximate surface area is 119 Å². The molecule has 0 unspecified atom stereocenters. The number of carbonyl (C=O) groups excluding carboxylic acids is 2. The Morgan fingerprint density at radius 3 is 1.80 bits per heavy atom. The first kappa shape index (κ1) is 16.0. The molecule has 5 heteroatoms. The zero-order chi connectivity index (χ0) is 15.3. The normalized spacial score (nSPS) is 15.8. The summed E-state index contributed by atoms with van der Waals surface area (Å²) in [7, 11) is 0. The lowest BCUT2D eigenvalue weighted by molar-refractivity contribution is -0.139. The second-order valence-corrected chi connectivity index (χ2v) is 4.36. The first-order chi connectivity index (χ1) is 9.47. The molecule has 0 aromatic carbocycles. The predicted octanol–water partition coefficient (Wildman–Crippen LogP) is 2.07. The summed E-state index contributed by atoms with van der Waals surface area (Å²) in [5, 5.41) is 3.03. The highest BCUT2D eigenvalue weighted by Crippen LogP contribution is 2.31. The number of ether oxygens (including phenoxy) is 2. The zero-order valence-electron chi connectivity index (χ0n) is 12.4. The molecule has 0 fully saturated rings. The fraction of sp³-hybridized carbons (Fsp3) is 0.467. The summed E-state index contributed by atoms with van der Waals surface area (Å²) in [6, 6.07) is 0. The average molecular weight is 279 g/mol. The van der Waals surface area contributed by atoms with Crippen LogP contribution in [-0.4, -0.2) is 25.2 Å². The zero-order valence-corrected chi connectivity index (χ0v) is 12.4. The second kappa shape index (κ2) is 6.93. The molecule has 0 aromatic rings. The van der Waals surface area contributed by atoms with Gasteiger partial charge in [-0.15, -0.1) is 6.58 Å². The molecule has 1 heterocycles. The lowest BCUT2D eigenvalue weighted by Crippen LogP contribution is -2.32. The molecule has 5 nitrogen and oxygen atoms in total. The molecule has 1 rings (SSSR count). The third-order valence-electron chi connectivity index (χ3n) is 3.03. The monoisotopic (exact) mass is 279 g/mol. The van der Waals surface area contributed by atoms with Crippen molar-refractivity contribution in [1.82, 2.24) is 5.32 Å². The predicted molar refractivity (Wildman–Crippen MR) is 75.5 cm³/mol. The molecule has 0 amide bonds. The quantitative estimate of drug-likeness (QED) is 0.616. The first-order valence-corrected chi connectivity index (χ1v) is 6.63. The van der Waals surface area contributed by atoms with Gasteiger partial charge < -0.3 is 14.8 Å². The molecule has 0 saturated carbocycles. The molecule has 0 bridgehead atoms. The van der Waals surface area contributed by atoms with Crippen LogP contribution in [0.1, 0.15) is 27.7 Å². The first-order valence-electron chi connectivity index (χ1n) is 6.63. The highest BCUT2D eigenvalue weighted by atomic mass is 16.5. The van der Waals surface area contributed by atoms with Crippen LogP contribution in [0.15, 0.2) is 35.2 Å². The largest absolute Gasteiger partial charge is 0.463 e. The van der Waals surface area contributed by atoms with Crippen LogP contribution in [0.5, 0.6) is 0 Å². The Kier molecular flexibility index (Phi) is 5.55. The van der Waals surface area contributed by atoms with E-state index in [1.54, 1.807) is 33.8 Å². The summed E-state index contributed by atoms with van der Waals surface area (Å²) in [6.07, 6.45) is 1.56. The maximum absolute atomic E-state index is 12.1. The van der Waals surface area contributed by atoms with Crippen LogP contribution in [0, 0.1) is 5.92 Å². The molecule has 0 aromatic heterocycles. The lowest BCUT2D eigenvalue weighted by atomic mass is 9.85. The average Bonchev–Trinajstić information content (AvgIpc) is 2.37. The van der Waals surface area contributed by atoms with Crippen molar-refractivity contribution in [1.29, 1.82) is 0 Å². The Balaban J connectivity index is 3.21. The van der Waals surface area contributed by atoms with Crippen molar-refractivity contribution in [3.05, 3.63) is 35.2 Å². The molecule has 1 aliphatic heterocycles. The molecule has 1 N–H and O–H groups in total. The Bertz CT molecular complexity index is 448. The number of rotatable bonds is 5. The molecule has 0 atom stereocenters. The Morgan fingerprint density at radius 2 is 1.50 bits per heavy atom. The molecule has 20 heavy (non-hydrogen) atoms. The molecular weight excluding hydrogens is 258 g/mol. The van der Waals surface area contributed by atoms with E-state index < -0.39 is 17.9 Å². The molecule has 1 aliphatic rings. The van der Waals surface area contributed by atoms with Gasteiger partial charge in [0.15, 0.2) is 0 Å². The third-order valence-corrected chi connectivity index (χ3v) is 3.03. The summed E-state index contributed by atoms with van der Waals surface area (Å²) in [5.74, 6) is -1.41. The van der Waals surface area contributed by atoms with Gasteiger partial charge in [-0.05, 0) is 27.7 Å². The van der Waals surface area contributed by atoms with E-state index in [-0.39, 0.29) is 13.2 Å². The van der Waals surface area contributed by atoms with Crippen LogP contribution >= 0.6 is 0 Å². The highest BCUT2D eigenvalue weighted by molar-refractivity contribution is 5.98. The van der Waals surface area contributed by atoms with E-state index in [0.29, 0.717) is 22.5 Å². The standard InChI is InChI=1S/C15H21NO4/c1-6-11-12(14(17)19-7-2)9(4)16-10(5)13(11)15(18)20-8-3/h6,11,16H,1,7-8H2,2-5H3. The van der Waals surface area contributed by atoms with E-state index in [0.717, 1.165) is 0 Å². The van der Waals surface area contributed by atoms with E-state index in [4.69, 9.17) is 9.47 Å². The van der Waals surface area contributed by atoms with Gasteiger partial charge in [-0.25, -0.2) is 9.59 Å². The summed E-state index contributed by atoms with van der Waals surface area (Å²) in [6.45, 7) is 11.3. The Hall–Kier alpha value is -2.04. The van der Waals surface area contributed by atoms with Gasteiger partial charge in [-0.1, -0.05) is 6.08 Å². The fourth-order valence-electron chi connectivity index (χ4n) is 2.24. The summed E-state index contributed by atoms with van der Waals surface area (Å²) in [5.41, 5.74) is 2.13. The van der Waals surface area contributed by atoms with Crippen LogP contribution in [0.25, 0.3) is 0 Å². The van der Waals surface area contributed by atoms with Gasteiger partial charge >= 0.3 is 11.9 Å². The van der Waals surface area contributed by atoms with Gasteiger partial charge in [0.1, 0.15) is 0 Å². The number of hydrogen-bond donors (Lipinski definition) is 1. The highest BCUT2D eigenvalue weighted by Gasteiger charge is 2.34. The molecule has 0 aliphatic carbocycles. The number of nitrogens with one attached hydrogen (secondary N) is 1. The second-order valence-electron chi connectivity index (χ2n) is 4.36. The van der Waals surface area contributed by atoms with Crippen LogP contribution in [0.2, 0.25) is 0 Å². The van der Waals surface area contributed by atoms with Crippen molar-refractivity contribution in [2.45, 2.75) is 27.7 Å². The minimum Gasteiger partial charge on any atom is -0.463 e. The SMILES string of the molecule is C=CC1C(C(=O)OCC)=C(C)NC(C)=C1C(=O)OCC. The van der Waals surface area contributed by atoms with E-state index in [1.165, 1.54) is 0 Å². The van der Waals surface area contributed by atoms with Crippen molar-refractivity contribution in [2.75, 3.05) is 13.2 Å². The van der Waals surface area contributed by atoms with Gasteiger partial charge in [-0.3, -0.25) is 0 Å².